The first-order chi connectivity index (χ1) is 12.1. The molecule has 0 fully saturated rings. The summed E-state index contributed by atoms with van der Waals surface area (Å²) in [4.78, 5) is 12.4. The fraction of sp³-hybridized carbons (Fsp3) is 0.318. The van der Waals surface area contributed by atoms with Crippen LogP contribution in [0.2, 0.25) is 0 Å². The average molecular weight is 335 g/mol. The van der Waals surface area contributed by atoms with Gasteiger partial charge in [0.05, 0.1) is 5.54 Å². The van der Waals surface area contributed by atoms with Crippen LogP contribution in [0, 0.1) is 0 Å². The highest BCUT2D eigenvalue weighted by Crippen LogP contribution is 2.35. The highest BCUT2D eigenvalue weighted by atomic mass is 16.5. The Hall–Kier alpha value is -2.55. The maximum atomic E-state index is 12.4. The first kappa shape index (κ1) is 17.3. The van der Waals surface area contributed by atoms with Gasteiger partial charge in [0.15, 0.2) is 0 Å². The number of carbonyl (C=O) groups is 1. The van der Waals surface area contributed by atoms with E-state index in [1.807, 2.05) is 30.3 Å². The number of benzene rings is 2. The van der Waals surface area contributed by atoms with Crippen molar-refractivity contribution in [3.8, 4) is 0 Å². The van der Waals surface area contributed by atoms with E-state index in [1.54, 1.807) is 0 Å². The molecule has 3 heteroatoms. The van der Waals surface area contributed by atoms with Crippen LogP contribution in [0.4, 0.5) is 4.79 Å². The van der Waals surface area contributed by atoms with Gasteiger partial charge >= 0.3 is 6.09 Å². The van der Waals surface area contributed by atoms with Crippen LogP contribution in [0.3, 0.4) is 0 Å². The molecule has 2 aromatic rings. The lowest BCUT2D eigenvalue weighted by molar-refractivity contribution is 0.126. The summed E-state index contributed by atoms with van der Waals surface area (Å²) < 4.78 is 5.44. The van der Waals surface area contributed by atoms with Crippen molar-refractivity contribution in [1.82, 2.24) is 5.32 Å². The van der Waals surface area contributed by atoms with E-state index in [-0.39, 0.29) is 12.7 Å². The Kier molecular flexibility index (Phi) is 5.22. The van der Waals surface area contributed by atoms with Crippen molar-refractivity contribution in [3.63, 3.8) is 0 Å². The van der Waals surface area contributed by atoms with Crippen LogP contribution >= 0.6 is 0 Å². The third kappa shape index (κ3) is 4.11. The molecule has 0 aromatic heterocycles. The molecule has 3 nitrogen and oxygen atoms in total. The predicted octanol–water partition coefficient (Wildman–Crippen LogP) is 5.28. The zero-order valence-corrected chi connectivity index (χ0v) is 14.9. The molecular formula is C22H25NO2. The molecule has 1 aliphatic carbocycles. The Labute approximate surface area is 149 Å². The van der Waals surface area contributed by atoms with Gasteiger partial charge < -0.3 is 10.1 Å². The molecule has 0 aliphatic heterocycles. The Morgan fingerprint density at radius 1 is 1.08 bits per heavy atom. The number of nitrogens with one attached hydrogen (secondary N) is 1. The number of amides is 1. The smallest absolute Gasteiger partial charge is 0.408 e. The van der Waals surface area contributed by atoms with Crippen LogP contribution in [-0.4, -0.2) is 6.09 Å². The summed E-state index contributed by atoms with van der Waals surface area (Å²) in [6, 6.07) is 18.2. The minimum absolute atomic E-state index is 0.280. The summed E-state index contributed by atoms with van der Waals surface area (Å²) in [6.07, 6.45) is 5.45. The normalized spacial score (nSPS) is 15.3. The second-order valence-corrected chi connectivity index (χ2v) is 6.93. The largest absolute Gasteiger partial charge is 0.445 e. The lowest BCUT2D eigenvalue weighted by Gasteiger charge is -2.31. The van der Waals surface area contributed by atoms with E-state index in [2.05, 4.69) is 55.6 Å². The Balaban J connectivity index is 1.72. The molecular weight excluding hydrogens is 310 g/mol. The van der Waals surface area contributed by atoms with Gasteiger partial charge in [-0.1, -0.05) is 80.6 Å². The summed E-state index contributed by atoms with van der Waals surface area (Å²) in [5.74, 6) is 0.455. The molecule has 2 aromatic carbocycles. The van der Waals surface area contributed by atoms with E-state index in [4.69, 9.17) is 4.74 Å². The van der Waals surface area contributed by atoms with Crippen molar-refractivity contribution in [2.45, 2.75) is 44.8 Å². The van der Waals surface area contributed by atoms with Crippen molar-refractivity contribution in [1.29, 1.82) is 0 Å². The molecule has 25 heavy (non-hydrogen) atoms. The standard InChI is InChI=1S/C22H25NO2/c1-17(2)19-11-8-12-20(15-19)22(13-6-7-14-22)23-21(24)25-16-18-9-4-3-5-10-18/h3-12,15,17H,13-14,16H2,1-2H3,(H,23,24). The van der Waals surface area contributed by atoms with Crippen molar-refractivity contribution in [2.24, 2.45) is 0 Å². The summed E-state index contributed by atoms with van der Waals surface area (Å²) in [7, 11) is 0. The molecule has 0 atom stereocenters. The first-order valence-corrected chi connectivity index (χ1v) is 8.83. The molecule has 130 valence electrons. The Morgan fingerprint density at radius 2 is 1.80 bits per heavy atom. The third-order valence-electron chi connectivity index (χ3n) is 4.76. The monoisotopic (exact) mass is 335 g/mol. The van der Waals surface area contributed by atoms with E-state index in [9.17, 15) is 4.79 Å². The maximum Gasteiger partial charge on any atom is 0.408 e. The summed E-state index contributed by atoms with van der Waals surface area (Å²) >= 11 is 0. The Bertz CT molecular complexity index is 742. The van der Waals surface area contributed by atoms with Gasteiger partial charge in [-0.15, -0.1) is 0 Å². The van der Waals surface area contributed by atoms with Crippen LogP contribution in [0.25, 0.3) is 0 Å². The summed E-state index contributed by atoms with van der Waals surface area (Å²) in [6.45, 7) is 4.64. The van der Waals surface area contributed by atoms with Gasteiger partial charge in [-0.05, 0) is 35.4 Å². The number of rotatable bonds is 5. The average Bonchev–Trinajstić information content (AvgIpc) is 3.10. The third-order valence-corrected chi connectivity index (χ3v) is 4.76. The van der Waals surface area contributed by atoms with Crippen molar-refractivity contribution < 1.29 is 9.53 Å². The van der Waals surface area contributed by atoms with Gasteiger partial charge in [0, 0.05) is 0 Å². The van der Waals surface area contributed by atoms with Crippen LogP contribution in [0.5, 0.6) is 0 Å². The summed E-state index contributed by atoms with van der Waals surface area (Å²) in [5, 5.41) is 3.12. The minimum atomic E-state index is -0.404. The fourth-order valence-electron chi connectivity index (χ4n) is 3.21. The van der Waals surface area contributed by atoms with Gasteiger partial charge in [-0.3, -0.25) is 0 Å². The number of alkyl carbamates (subject to hydrolysis) is 1. The molecule has 0 spiro atoms. The van der Waals surface area contributed by atoms with Crippen LogP contribution in [0.1, 0.15) is 49.3 Å². The first-order valence-electron chi connectivity index (χ1n) is 8.83. The highest BCUT2D eigenvalue weighted by Gasteiger charge is 2.35. The van der Waals surface area contributed by atoms with E-state index in [0.717, 1.165) is 24.0 Å². The summed E-state index contributed by atoms with van der Waals surface area (Å²) in [5.41, 5.74) is 3.00. The second kappa shape index (κ2) is 7.56. The molecule has 1 N–H and O–H groups in total. The minimum Gasteiger partial charge on any atom is -0.445 e. The molecule has 0 bridgehead atoms. The number of hydrogen-bond acceptors (Lipinski definition) is 2. The van der Waals surface area contributed by atoms with Crippen LogP contribution in [-0.2, 0) is 16.9 Å². The van der Waals surface area contributed by atoms with E-state index in [1.165, 1.54) is 5.56 Å². The van der Waals surface area contributed by atoms with Gasteiger partial charge in [-0.2, -0.15) is 0 Å². The second-order valence-electron chi connectivity index (χ2n) is 6.93. The highest BCUT2D eigenvalue weighted by molar-refractivity contribution is 5.69. The topological polar surface area (TPSA) is 38.3 Å². The van der Waals surface area contributed by atoms with Crippen molar-refractivity contribution in [2.75, 3.05) is 0 Å². The van der Waals surface area contributed by atoms with Gasteiger partial charge in [-0.25, -0.2) is 4.79 Å². The quantitative estimate of drug-likeness (QED) is 0.755. The molecule has 0 saturated carbocycles. The molecule has 3 rings (SSSR count). The molecule has 1 aliphatic rings. The fourth-order valence-corrected chi connectivity index (χ4v) is 3.21. The van der Waals surface area contributed by atoms with Crippen molar-refractivity contribution in [3.05, 3.63) is 83.4 Å². The van der Waals surface area contributed by atoms with E-state index in [0.29, 0.717) is 5.92 Å². The molecule has 1 amide bonds. The number of carbonyl (C=O) groups excluding carboxylic acids is 1. The number of ether oxygens (including phenoxy) is 1. The van der Waals surface area contributed by atoms with Gasteiger partial charge in [0.25, 0.3) is 0 Å². The van der Waals surface area contributed by atoms with Gasteiger partial charge in [0.1, 0.15) is 6.61 Å². The maximum absolute atomic E-state index is 12.4. The van der Waals surface area contributed by atoms with E-state index < -0.39 is 5.54 Å². The zero-order valence-electron chi connectivity index (χ0n) is 14.9. The van der Waals surface area contributed by atoms with Crippen LogP contribution < -0.4 is 5.32 Å². The van der Waals surface area contributed by atoms with Crippen LogP contribution in [0.15, 0.2) is 66.7 Å². The lowest BCUT2D eigenvalue weighted by Crippen LogP contribution is -2.44. The number of hydrogen-bond donors (Lipinski definition) is 1. The molecule has 0 unspecified atom stereocenters. The predicted molar refractivity (Wildman–Crippen MR) is 100 cm³/mol. The molecule has 0 heterocycles. The Morgan fingerprint density at radius 3 is 2.48 bits per heavy atom. The van der Waals surface area contributed by atoms with Gasteiger partial charge in [0.2, 0.25) is 0 Å². The SMILES string of the molecule is CC(C)c1cccc(C2(NC(=O)OCc3ccccc3)CC=CC2)c1. The van der Waals surface area contributed by atoms with Crippen molar-refractivity contribution >= 4 is 6.09 Å². The molecule has 0 saturated heterocycles. The zero-order chi connectivity index (χ0) is 17.7. The van der Waals surface area contributed by atoms with E-state index >= 15 is 0 Å². The lowest BCUT2D eigenvalue weighted by atomic mass is 9.85. The molecule has 0 radical (unpaired) electrons.